The summed E-state index contributed by atoms with van der Waals surface area (Å²) in [6.45, 7) is 8.62. The molecule has 0 saturated heterocycles. The molecule has 0 fully saturated rings. The van der Waals surface area contributed by atoms with Crippen LogP contribution in [-0.4, -0.2) is 35.4 Å². The number of rotatable bonds is 9. The number of hydrogen-bond donors (Lipinski definition) is 1. The second-order valence-corrected chi connectivity index (χ2v) is 7.25. The highest BCUT2D eigenvalue weighted by molar-refractivity contribution is 5.99. The van der Waals surface area contributed by atoms with Crippen LogP contribution < -0.4 is 5.32 Å². The van der Waals surface area contributed by atoms with Crippen molar-refractivity contribution in [2.45, 2.75) is 33.7 Å². The van der Waals surface area contributed by atoms with E-state index in [0.717, 1.165) is 17.5 Å². The van der Waals surface area contributed by atoms with Gasteiger partial charge in [-0.2, -0.15) is 5.10 Å². The van der Waals surface area contributed by atoms with Gasteiger partial charge in [-0.1, -0.05) is 59.7 Å². The van der Waals surface area contributed by atoms with Gasteiger partial charge in [-0.05, 0) is 32.8 Å². The van der Waals surface area contributed by atoms with Crippen molar-refractivity contribution >= 4 is 5.91 Å². The second kappa shape index (κ2) is 10.0. The molecule has 1 aromatic heterocycles. The quantitative estimate of drug-likeness (QED) is 0.551. The highest BCUT2D eigenvalue weighted by atomic mass is 16.5. The van der Waals surface area contributed by atoms with Gasteiger partial charge in [0.05, 0.1) is 12.1 Å². The van der Waals surface area contributed by atoms with Gasteiger partial charge in [0.15, 0.2) is 0 Å². The Morgan fingerprint density at radius 3 is 2.34 bits per heavy atom. The van der Waals surface area contributed by atoms with Crippen LogP contribution in [0.4, 0.5) is 0 Å². The first-order valence-electron chi connectivity index (χ1n) is 10.1. The average Bonchev–Trinajstić information content (AvgIpc) is 3.14. The minimum absolute atomic E-state index is 0.104. The molecule has 0 unspecified atom stereocenters. The van der Waals surface area contributed by atoms with Crippen molar-refractivity contribution in [2.75, 3.05) is 19.8 Å². The number of aryl methyl sites for hydroxylation is 2. The SMILES string of the molecule is CCOCCCNC(=O)c1cn(Cc2ccc(C)cc2)nc1-c1ccc(C)cc1. The van der Waals surface area contributed by atoms with Crippen LogP contribution in [0.1, 0.15) is 40.4 Å². The zero-order valence-electron chi connectivity index (χ0n) is 17.4. The van der Waals surface area contributed by atoms with Crippen LogP contribution in [0.3, 0.4) is 0 Å². The summed E-state index contributed by atoms with van der Waals surface area (Å²) in [7, 11) is 0. The maximum atomic E-state index is 12.8. The molecule has 5 heteroatoms. The van der Waals surface area contributed by atoms with E-state index in [1.807, 2.05) is 49.0 Å². The second-order valence-electron chi connectivity index (χ2n) is 7.25. The van der Waals surface area contributed by atoms with Gasteiger partial charge in [-0.25, -0.2) is 0 Å². The molecule has 0 bridgehead atoms. The molecule has 1 N–H and O–H groups in total. The van der Waals surface area contributed by atoms with Crippen LogP contribution in [0.25, 0.3) is 11.3 Å². The third kappa shape index (κ3) is 5.78. The van der Waals surface area contributed by atoms with Gasteiger partial charge in [0.1, 0.15) is 5.69 Å². The van der Waals surface area contributed by atoms with E-state index in [0.29, 0.717) is 37.6 Å². The molecule has 29 heavy (non-hydrogen) atoms. The molecule has 0 aliphatic carbocycles. The number of amides is 1. The van der Waals surface area contributed by atoms with E-state index in [-0.39, 0.29) is 5.91 Å². The molecule has 1 heterocycles. The van der Waals surface area contributed by atoms with E-state index in [9.17, 15) is 4.79 Å². The molecular weight excluding hydrogens is 362 g/mol. The summed E-state index contributed by atoms with van der Waals surface area (Å²) in [5, 5.41) is 7.73. The fraction of sp³-hybridized carbons (Fsp3) is 0.333. The van der Waals surface area contributed by atoms with Gasteiger partial charge in [0.25, 0.3) is 5.91 Å². The highest BCUT2D eigenvalue weighted by Crippen LogP contribution is 2.23. The molecule has 3 aromatic rings. The summed E-state index contributed by atoms with van der Waals surface area (Å²) in [4.78, 5) is 12.8. The van der Waals surface area contributed by atoms with Crippen molar-refractivity contribution in [1.29, 1.82) is 0 Å². The Morgan fingerprint density at radius 1 is 1.03 bits per heavy atom. The maximum absolute atomic E-state index is 12.8. The average molecular weight is 392 g/mol. The van der Waals surface area contributed by atoms with Crippen molar-refractivity contribution < 1.29 is 9.53 Å². The number of nitrogens with one attached hydrogen (secondary N) is 1. The summed E-state index contributed by atoms with van der Waals surface area (Å²) < 4.78 is 7.18. The van der Waals surface area contributed by atoms with Crippen LogP contribution in [0.5, 0.6) is 0 Å². The number of hydrogen-bond acceptors (Lipinski definition) is 3. The zero-order valence-corrected chi connectivity index (χ0v) is 17.4. The molecule has 3 rings (SSSR count). The minimum Gasteiger partial charge on any atom is -0.382 e. The fourth-order valence-electron chi connectivity index (χ4n) is 3.09. The molecule has 2 aromatic carbocycles. The molecule has 0 aliphatic rings. The first-order chi connectivity index (χ1) is 14.1. The van der Waals surface area contributed by atoms with Crippen molar-refractivity contribution in [1.82, 2.24) is 15.1 Å². The minimum atomic E-state index is -0.104. The summed E-state index contributed by atoms with van der Waals surface area (Å²) in [6, 6.07) is 16.5. The first kappa shape index (κ1) is 20.8. The van der Waals surface area contributed by atoms with Crippen LogP contribution in [0, 0.1) is 13.8 Å². The van der Waals surface area contributed by atoms with Gasteiger partial charge >= 0.3 is 0 Å². The molecule has 0 saturated carbocycles. The molecule has 1 amide bonds. The van der Waals surface area contributed by atoms with Gasteiger partial charge < -0.3 is 10.1 Å². The molecule has 0 atom stereocenters. The largest absolute Gasteiger partial charge is 0.382 e. The van der Waals surface area contributed by atoms with Crippen LogP contribution >= 0.6 is 0 Å². The van der Waals surface area contributed by atoms with Gasteiger partial charge in [-0.15, -0.1) is 0 Å². The van der Waals surface area contributed by atoms with Crippen molar-refractivity contribution in [2.24, 2.45) is 0 Å². The number of benzene rings is 2. The molecule has 0 radical (unpaired) electrons. The van der Waals surface area contributed by atoms with Crippen molar-refractivity contribution in [3.63, 3.8) is 0 Å². The smallest absolute Gasteiger partial charge is 0.255 e. The third-order valence-corrected chi connectivity index (χ3v) is 4.75. The summed E-state index contributed by atoms with van der Waals surface area (Å²) >= 11 is 0. The predicted octanol–water partition coefficient (Wildman–Crippen LogP) is 4.37. The number of aromatic nitrogens is 2. The van der Waals surface area contributed by atoms with Crippen LogP contribution in [-0.2, 0) is 11.3 Å². The fourth-order valence-corrected chi connectivity index (χ4v) is 3.09. The Kier molecular flexibility index (Phi) is 7.19. The van der Waals surface area contributed by atoms with E-state index in [2.05, 4.69) is 36.5 Å². The lowest BCUT2D eigenvalue weighted by atomic mass is 10.1. The van der Waals surface area contributed by atoms with Crippen LogP contribution in [0.2, 0.25) is 0 Å². The lowest BCUT2D eigenvalue weighted by molar-refractivity contribution is 0.0945. The van der Waals surface area contributed by atoms with E-state index >= 15 is 0 Å². The van der Waals surface area contributed by atoms with E-state index in [4.69, 9.17) is 9.84 Å². The summed E-state index contributed by atoms with van der Waals surface area (Å²) in [5.41, 5.74) is 5.79. The molecule has 0 spiro atoms. The first-order valence-corrected chi connectivity index (χ1v) is 10.1. The monoisotopic (exact) mass is 391 g/mol. The Balaban J connectivity index is 1.82. The molecule has 152 valence electrons. The lowest BCUT2D eigenvalue weighted by Crippen LogP contribution is -2.25. The Labute approximate surface area is 172 Å². The Bertz CT molecular complexity index is 928. The highest BCUT2D eigenvalue weighted by Gasteiger charge is 2.18. The number of carbonyl (C=O) groups is 1. The molecule has 5 nitrogen and oxygen atoms in total. The Morgan fingerprint density at radius 2 is 1.69 bits per heavy atom. The topological polar surface area (TPSA) is 56.1 Å². The van der Waals surface area contributed by atoms with Gasteiger partial charge in [0.2, 0.25) is 0 Å². The number of ether oxygens (including phenoxy) is 1. The zero-order chi connectivity index (χ0) is 20.6. The van der Waals surface area contributed by atoms with Crippen molar-refractivity contribution in [3.8, 4) is 11.3 Å². The molecular formula is C24H29N3O2. The predicted molar refractivity (Wildman–Crippen MR) is 116 cm³/mol. The number of carbonyl (C=O) groups excluding carboxylic acids is 1. The third-order valence-electron chi connectivity index (χ3n) is 4.75. The van der Waals surface area contributed by atoms with Crippen LogP contribution in [0.15, 0.2) is 54.7 Å². The standard InChI is InChI=1S/C24H29N3O2/c1-4-29-15-5-14-25-24(28)22-17-27(16-20-10-6-18(2)7-11-20)26-23(22)21-12-8-19(3)9-13-21/h6-13,17H,4-5,14-16H2,1-3H3,(H,25,28). The summed E-state index contributed by atoms with van der Waals surface area (Å²) in [5.74, 6) is -0.104. The maximum Gasteiger partial charge on any atom is 0.255 e. The van der Waals surface area contributed by atoms with E-state index in [1.165, 1.54) is 11.1 Å². The van der Waals surface area contributed by atoms with E-state index in [1.54, 1.807) is 0 Å². The molecule has 0 aliphatic heterocycles. The van der Waals surface area contributed by atoms with Gasteiger partial charge in [0, 0.05) is 31.5 Å². The van der Waals surface area contributed by atoms with Crippen molar-refractivity contribution in [3.05, 3.63) is 77.0 Å². The lowest BCUT2D eigenvalue weighted by Gasteiger charge is -2.06. The Hall–Kier alpha value is -2.92. The van der Waals surface area contributed by atoms with E-state index < -0.39 is 0 Å². The normalized spacial score (nSPS) is 10.9. The van der Waals surface area contributed by atoms with Gasteiger partial charge in [-0.3, -0.25) is 9.48 Å². The summed E-state index contributed by atoms with van der Waals surface area (Å²) in [6.07, 6.45) is 2.63. The number of nitrogens with zero attached hydrogens (tertiary/aromatic N) is 2.